The fraction of sp³-hybridized carbons (Fsp3) is 0. The third kappa shape index (κ3) is 2.38. The van der Waals surface area contributed by atoms with Gasteiger partial charge in [0, 0.05) is 11.2 Å². The summed E-state index contributed by atoms with van der Waals surface area (Å²) in [4.78, 5) is 3.82. The number of nitrogens with zero attached hydrogens (tertiary/aromatic N) is 1. The Labute approximate surface area is 69.4 Å². The van der Waals surface area contributed by atoms with Gasteiger partial charge >= 0.3 is 0 Å². The number of hydrogen-bond acceptors (Lipinski definition) is 1. The van der Waals surface area contributed by atoms with Crippen LogP contribution in [0.5, 0.6) is 0 Å². The smallest absolute Gasteiger partial charge is 0.129 e. The minimum Gasteiger partial charge on any atom is -0.245 e. The summed E-state index contributed by atoms with van der Waals surface area (Å²) in [6.07, 6.45) is 8.40. The highest BCUT2D eigenvalue weighted by Gasteiger charge is 1.87. The van der Waals surface area contributed by atoms with Gasteiger partial charge < -0.3 is 0 Å². The summed E-state index contributed by atoms with van der Waals surface area (Å²) in [5, 5.41) is 1.10. The van der Waals surface area contributed by atoms with Crippen LogP contribution < -0.4 is 0 Å². The third-order valence-electron chi connectivity index (χ3n) is 0.921. The van der Waals surface area contributed by atoms with Gasteiger partial charge in [0.05, 0.1) is 0 Å². The van der Waals surface area contributed by atoms with E-state index in [0.29, 0.717) is 10.2 Å². The molecule has 0 bridgehead atoms. The molecule has 0 amide bonds. The molecule has 10 heavy (non-hydrogen) atoms. The summed E-state index contributed by atoms with van der Waals surface area (Å²) in [6.45, 7) is 0. The van der Waals surface area contributed by atoms with E-state index in [1.54, 1.807) is 30.5 Å². The average molecular weight is 174 g/mol. The Hall–Kier alpha value is -0.530. The molecular formula is C7H5Cl2N. The van der Waals surface area contributed by atoms with Crippen molar-refractivity contribution in [3.8, 4) is 0 Å². The van der Waals surface area contributed by atoms with E-state index in [1.807, 2.05) is 0 Å². The maximum Gasteiger partial charge on any atom is 0.129 e. The first-order valence-corrected chi connectivity index (χ1v) is 3.48. The van der Waals surface area contributed by atoms with Crippen LogP contribution in [-0.2, 0) is 0 Å². The van der Waals surface area contributed by atoms with Crippen molar-refractivity contribution in [1.29, 1.82) is 0 Å². The maximum atomic E-state index is 5.65. The number of halogens is 2. The SMILES string of the molecule is ClC1=C\C=C\C(Cl)=N/C=C\1. The fourth-order valence-corrected chi connectivity index (χ4v) is 0.756. The van der Waals surface area contributed by atoms with Gasteiger partial charge in [-0.15, -0.1) is 0 Å². The first kappa shape index (κ1) is 7.58. The molecule has 0 saturated carbocycles. The molecule has 1 rings (SSSR count). The van der Waals surface area contributed by atoms with Gasteiger partial charge in [-0.1, -0.05) is 29.3 Å². The quantitative estimate of drug-likeness (QED) is 0.535. The zero-order valence-corrected chi connectivity index (χ0v) is 6.60. The topological polar surface area (TPSA) is 12.4 Å². The van der Waals surface area contributed by atoms with Crippen molar-refractivity contribution in [1.82, 2.24) is 0 Å². The van der Waals surface area contributed by atoms with Crippen molar-refractivity contribution in [3.63, 3.8) is 0 Å². The van der Waals surface area contributed by atoms with Gasteiger partial charge in [0.15, 0.2) is 0 Å². The first-order chi connectivity index (χ1) is 4.79. The molecule has 0 aromatic rings. The van der Waals surface area contributed by atoms with Crippen LogP contribution in [0.25, 0.3) is 0 Å². The molecule has 1 heterocycles. The predicted molar refractivity (Wildman–Crippen MR) is 45.5 cm³/mol. The number of aliphatic imine (C=N–C) groups is 1. The van der Waals surface area contributed by atoms with E-state index < -0.39 is 0 Å². The van der Waals surface area contributed by atoms with Crippen LogP contribution in [0, 0.1) is 0 Å². The summed E-state index contributed by atoms with van der Waals surface area (Å²) in [5.41, 5.74) is 0. The number of hydrogen-bond donors (Lipinski definition) is 0. The van der Waals surface area contributed by atoms with E-state index in [9.17, 15) is 0 Å². The van der Waals surface area contributed by atoms with Crippen LogP contribution in [0.2, 0.25) is 0 Å². The molecule has 0 unspecified atom stereocenters. The third-order valence-corrected chi connectivity index (χ3v) is 1.40. The van der Waals surface area contributed by atoms with E-state index in [1.165, 1.54) is 0 Å². The molecule has 0 aromatic carbocycles. The molecule has 0 fully saturated rings. The van der Waals surface area contributed by atoms with E-state index >= 15 is 0 Å². The van der Waals surface area contributed by atoms with E-state index in [0.717, 1.165) is 0 Å². The minimum atomic E-state index is 0.455. The van der Waals surface area contributed by atoms with Crippen molar-refractivity contribution < 1.29 is 0 Å². The Morgan fingerprint density at radius 3 is 2.80 bits per heavy atom. The Morgan fingerprint density at radius 2 is 2.00 bits per heavy atom. The summed E-state index contributed by atoms with van der Waals surface area (Å²) in [7, 11) is 0. The number of allylic oxidation sites excluding steroid dienone is 5. The van der Waals surface area contributed by atoms with Gasteiger partial charge in [0.2, 0.25) is 0 Å². The van der Waals surface area contributed by atoms with Gasteiger partial charge in [-0.2, -0.15) is 0 Å². The standard InChI is InChI=1S/C7H5Cl2N/c8-6-2-1-3-7(9)10-5-4-6/h1-5H/b2-1?,3-1+,5-4-,6-2-,6-4?,7-3?,10-5?,10-7+. The van der Waals surface area contributed by atoms with Crippen LogP contribution in [0.1, 0.15) is 0 Å². The molecule has 1 aliphatic heterocycles. The Kier molecular flexibility index (Phi) is 2.72. The van der Waals surface area contributed by atoms with E-state index in [2.05, 4.69) is 4.99 Å². The molecule has 0 radical (unpaired) electrons. The summed E-state index contributed by atoms with van der Waals surface area (Å²) in [5.74, 6) is 0. The van der Waals surface area contributed by atoms with Crippen LogP contribution in [-0.4, -0.2) is 5.17 Å². The summed E-state index contributed by atoms with van der Waals surface area (Å²) >= 11 is 11.2. The molecular weight excluding hydrogens is 169 g/mol. The van der Waals surface area contributed by atoms with E-state index in [-0.39, 0.29) is 0 Å². The van der Waals surface area contributed by atoms with Gasteiger partial charge in [0.1, 0.15) is 5.17 Å². The van der Waals surface area contributed by atoms with E-state index in [4.69, 9.17) is 23.2 Å². The second-order valence-corrected chi connectivity index (χ2v) is 2.50. The van der Waals surface area contributed by atoms with Crippen molar-refractivity contribution in [2.24, 2.45) is 4.99 Å². The molecule has 3 heteroatoms. The highest BCUT2D eigenvalue weighted by molar-refractivity contribution is 6.68. The monoisotopic (exact) mass is 173 g/mol. The molecule has 52 valence electrons. The molecule has 0 saturated heterocycles. The Bertz CT molecular complexity index is 210. The van der Waals surface area contributed by atoms with Crippen molar-refractivity contribution >= 4 is 28.4 Å². The lowest BCUT2D eigenvalue weighted by Gasteiger charge is -1.89. The second-order valence-electron chi connectivity index (χ2n) is 1.68. The molecule has 0 atom stereocenters. The van der Waals surface area contributed by atoms with Crippen LogP contribution in [0.15, 0.2) is 40.5 Å². The fourth-order valence-electron chi connectivity index (χ4n) is 0.498. The Morgan fingerprint density at radius 1 is 1.20 bits per heavy atom. The predicted octanol–water partition coefficient (Wildman–Crippen LogP) is 2.83. The average Bonchev–Trinajstić information content (AvgIpc) is 1.84. The first-order valence-electron chi connectivity index (χ1n) is 2.73. The molecule has 0 aromatic heterocycles. The highest BCUT2D eigenvalue weighted by Crippen LogP contribution is 2.06. The lowest BCUT2D eigenvalue weighted by atomic mass is 10.4. The second kappa shape index (κ2) is 3.59. The zero-order chi connectivity index (χ0) is 7.40. The Balaban J connectivity index is 2.84. The molecule has 0 spiro atoms. The summed E-state index contributed by atoms with van der Waals surface area (Å²) < 4.78 is 0. The zero-order valence-electron chi connectivity index (χ0n) is 5.09. The molecule has 0 aliphatic carbocycles. The normalized spacial score (nSPS) is 34.2. The molecule has 0 N–H and O–H groups in total. The lowest BCUT2D eigenvalue weighted by Crippen LogP contribution is -1.78. The molecule has 1 nitrogen and oxygen atoms in total. The van der Waals surface area contributed by atoms with Crippen LogP contribution >= 0.6 is 23.2 Å². The van der Waals surface area contributed by atoms with Crippen LogP contribution in [0.4, 0.5) is 0 Å². The highest BCUT2D eigenvalue weighted by atomic mass is 35.5. The van der Waals surface area contributed by atoms with Gasteiger partial charge in [0.25, 0.3) is 0 Å². The van der Waals surface area contributed by atoms with Crippen LogP contribution in [0.3, 0.4) is 0 Å². The van der Waals surface area contributed by atoms with Crippen molar-refractivity contribution in [3.05, 3.63) is 35.5 Å². The van der Waals surface area contributed by atoms with Gasteiger partial charge in [-0.3, -0.25) is 0 Å². The largest absolute Gasteiger partial charge is 0.245 e. The van der Waals surface area contributed by atoms with Crippen molar-refractivity contribution in [2.75, 3.05) is 0 Å². The lowest BCUT2D eigenvalue weighted by molar-refractivity contribution is 1.56. The minimum absolute atomic E-state index is 0.455. The summed E-state index contributed by atoms with van der Waals surface area (Å²) in [6, 6.07) is 0. The molecule has 1 aliphatic rings. The van der Waals surface area contributed by atoms with Gasteiger partial charge in [-0.25, -0.2) is 4.99 Å². The maximum absolute atomic E-state index is 5.65. The van der Waals surface area contributed by atoms with Crippen molar-refractivity contribution in [2.45, 2.75) is 0 Å². The number of rotatable bonds is 0. The van der Waals surface area contributed by atoms with Gasteiger partial charge in [-0.05, 0) is 18.2 Å².